The molecule has 0 unspecified atom stereocenters. The first-order valence-electron chi connectivity index (χ1n) is 12.4. The number of benzene rings is 2. The van der Waals surface area contributed by atoms with Gasteiger partial charge in [0.15, 0.2) is 5.75 Å². The van der Waals surface area contributed by atoms with Crippen LogP contribution in [0.5, 0.6) is 5.75 Å². The fraction of sp³-hybridized carbons (Fsp3) is 0.233. The predicted molar refractivity (Wildman–Crippen MR) is 162 cm³/mol. The lowest BCUT2D eigenvalue weighted by atomic mass is 9.86. The van der Waals surface area contributed by atoms with Crippen molar-refractivity contribution in [2.75, 3.05) is 28.7 Å². The summed E-state index contributed by atoms with van der Waals surface area (Å²) in [6.45, 7) is 11.6. The Morgan fingerprint density at radius 1 is 1.00 bits per heavy atom. The van der Waals surface area contributed by atoms with Crippen LogP contribution in [0, 0.1) is 0 Å². The van der Waals surface area contributed by atoms with Crippen LogP contribution in [0.3, 0.4) is 0 Å². The molecule has 0 saturated heterocycles. The van der Waals surface area contributed by atoms with Crippen LogP contribution in [0.1, 0.15) is 54.7 Å². The van der Waals surface area contributed by atoms with Crippen LogP contribution < -0.4 is 20.1 Å². The maximum absolute atomic E-state index is 13.5. The Bertz CT molecular complexity index is 1570. The molecule has 1 aromatic heterocycles. The lowest BCUT2D eigenvalue weighted by Crippen LogP contribution is -2.25. The maximum Gasteiger partial charge on any atom is 0.296 e. The first-order chi connectivity index (χ1) is 18.8. The van der Waals surface area contributed by atoms with E-state index < -0.39 is 27.1 Å². The van der Waals surface area contributed by atoms with Gasteiger partial charge in [0.05, 0.1) is 24.7 Å². The molecule has 10 heteroatoms. The third-order valence-electron chi connectivity index (χ3n) is 5.94. The monoisotopic (exact) mass is 562 g/mol. The summed E-state index contributed by atoms with van der Waals surface area (Å²) >= 11 is 0. The number of nitrogens with one attached hydrogen (secondary N) is 3. The predicted octanol–water partition coefficient (Wildman–Crippen LogP) is 6.00. The number of nitrogens with zero attached hydrogens (tertiary/aromatic N) is 1. The van der Waals surface area contributed by atoms with Crippen LogP contribution in [-0.4, -0.2) is 38.5 Å². The Balaban J connectivity index is 2.06. The molecule has 0 atom stereocenters. The summed E-state index contributed by atoms with van der Waals surface area (Å²) in [7, 11) is -2.31. The van der Waals surface area contributed by atoms with Gasteiger partial charge in [-0.05, 0) is 59.9 Å². The number of ether oxygens (including phenoxy) is 1. The molecule has 0 radical (unpaired) electrons. The van der Waals surface area contributed by atoms with Crippen molar-refractivity contribution < 1.29 is 22.7 Å². The lowest BCUT2D eigenvalue weighted by molar-refractivity contribution is -0.112. The molecule has 0 aliphatic heterocycles. The number of carbonyl (C=O) groups excluding carboxylic acids is 2. The van der Waals surface area contributed by atoms with Gasteiger partial charge in [0.25, 0.3) is 11.7 Å². The van der Waals surface area contributed by atoms with Gasteiger partial charge in [-0.1, -0.05) is 45.6 Å². The van der Waals surface area contributed by atoms with Gasteiger partial charge in [0.1, 0.15) is 0 Å². The third-order valence-corrected chi connectivity index (χ3v) is 6.53. The van der Waals surface area contributed by atoms with Gasteiger partial charge < -0.3 is 15.4 Å². The highest BCUT2D eigenvalue weighted by Gasteiger charge is 2.26. The first kappa shape index (κ1) is 30.1. The van der Waals surface area contributed by atoms with E-state index >= 15 is 0 Å². The fourth-order valence-corrected chi connectivity index (χ4v) is 4.60. The summed E-state index contributed by atoms with van der Waals surface area (Å²) < 4.78 is 31.9. The highest BCUT2D eigenvalue weighted by Crippen LogP contribution is 2.39. The molecule has 0 bridgehead atoms. The van der Waals surface area contributed by atoms with Gasteiger partial charge in [0, 0.05) is 34.9 Å². The molecule has 1 heterocycles. The molecule has 3 N–H and O–H groups in total. The molecule has 0 saturated carbocycles. The Kier molecular flexibility index (Phi) is 9.16. The molecule has 0 fully saturated rings. The van der Waals surface area contributed by atoms with Gasteiger partial charge in [-0.15, -0.1) is 0 Å². The van der Waals surface area contributed by atoms with Crippen LogP contribution in [0.25, 0.3) is 12.2 Å². The summed E-state index contributed by atoms with van der Waals surface area (Å²) in [5.74, 6) is -1.63. The Labute approximate surface area is 235 Å². The van der Waals surface area contributed by atoms with Gasteiger partial charge in [-0.2, -0.15) is 0 Å². The second kappa shape index (κ2) is 12.2. The van der Waals surface area contributed by atoms with E-state index in [2.05, 4.69) is 26.9 Å². The Morgan fingerprint density at radius 2 is 1.65 bits per heavy atom. The topological polar surface area (TPSA) is 126 Å². The number of carbonyl (C=O) groups is 2. The number of ketones is 1. The Morgan fingerprint density at radius 3 is 2.20 bits per heavy atom. The SMILES string of the molecule is C=Cc1c(C(=O)C(=O)Nc2cc(C(C)(C)C)cc(NS(C)(=O)=O)c2OC)ccc(Nc2ccncc2)c1/C=C\C. The number of aromatic nitrogens is 1. The van der Waals surface area contributed by atoms with Crippen molar-refractivity contribution in [2.24, 2.45) is 0 Å². The highest BCUT2D eigenvalue weighted by molar-refractivity contribution is 7.92. The molecule has 210 valence electrons. The summed E-state index contributed by atoms with van der Waals surface area (Å²) in [4.78, 5) is 30.8. The van der Waals surface area contributed by atoms with E-state index in [1.165, 1.54) is 13.2 Å². The van der Waals surface area contributed by atoms with E-state index in [4.69, 9.17) is 4.74 Å². The first-order valence-corrected chi connectivity index (χ1v) is 14.3. The van der Waals surface area contributed by atoms with Crippen molar-refractivity contribution in [1.82, 2.24) is 4.98 Å². The fourth-order valence-electron chi connectivity index (χ4n) is 4.05. The smallest absolute Gasteiger partial charge is 0.296 e. The molecular weight excluding hydrogens is 528 g/mol. The number of methoxy groups -OCH3 is 1. The quantitative estimate of drug-likeness (QED) is 0.204. The molecule has 1 amide bonds. The van der Waals surface area contributed by atoms with Gasteiger partial charge in [-0.3, -0.25) is 19.3 Å². The largest absolute Gasteiger partial charge is 0.492 e. The standard InChI is InChI=1S/C30H34N4O5S/c1-8-10-22-21(9-2)23(11-12-24(22)32-20-13-15-31-16-14-20)27(35)29(36)33-25-17-19(30(3,4)5)18-26(28(25)39-6)34-40(7,37)38/h8-18,34H,2H2,1,3-7H3,(H,31,32)(H,33,36)/b10-8-. The average molecular weight is 563 g/mol. The summed E-state index contributed by atoms with van der Waals surface area (Å²) in [6.07, 6.45) is 9.52. The second-order valence-corrected chi connectivity index (χ2v) is 11.8. The summed E-state index contributed by atoms with van der Waals surface area (Å²) in [5, 5.41) is 5.94. The second-order valence-electron chi connectivity index (χ2n) is 10.1. The number of hydrogen-bond acceptors (Lipinski definition) is 7. The van der Waals surface area contributed by atoms with Crippen molar-refractivity contribution in [3.8, 4) is 5.75 Å². The molecule has 0 aliphatic carbocycles. The highest BCUT2D eigenvalue weighted by atomic mass is 32.2. The van der Waals surface area contributed by atoms with Gasteiger partial charge >= 0.3 is 0 Å². The van der Waals surface area contributed by atoms with Crippen molar-refractivity contribution >= 4 is 56.6 Å². The number of pyridine rings is 1. The number of rotatable bonds is 10. The van der Waals surface area contributed by atoms with Crippen LogP contribution in [0.2, 0.25) is 0 Å². The minimum atomic E-state index is -3.66. The lowest BCUT2D eigenvalue weighted by Gasteiger charge is -2.24. The molecule has 40 heavy (non-hydrogen) atoms. The van der Waals surface area contributed by atoms with Gasteiger partial charge in [-0.25, -0.2) is 8.42 Å². The molecule has 0 aliphatic rings. The zero-order valence-electron chi connectivity index (χ0n) is 23.5. The zero-order chi connectivity index (χ0) is 29.7. The van der Waals surface area contributed by atoms with E-state index in [-0.39, 0.29) is 22.7 Å². The molecule has 0 spiro atoms. The van der Waals surface area contributed by atoms with Gasteiger partial charge in [0.2, 0.25) is 10.0 Å². The van der Waals surface area contributed by atoms with E-state index in [1.807, 2.05) is 52.0 Å². The van der Waals surface area contributed by atoms with Crippen molar-refractivity contribution in [3.63, 3.8) is 0 Å². The molecule has 2 aromatic carbocycles. The zero-order valence-corrected chi connectivity index (χ0v) is 24.3. The summed E-state index contributed by atoms with van der Waals surface area (Å²) in [5.41, 5.74) is 3.45. The number of Topliss-reactive ketones (excluding diaryl/α,β-unsaturated/α-hetero) is 1. The number of hydrogen-bond donors (Lipinski definition) is 3. The molecule has 3 rings (SSSR count). The minimum absolute atomic E-state index is 0.0787. The van der Waals surface area contributed by atoms with Crippen molar-refractivity contribution in [3.05, 3.63) is 83.7 Å². The van der Waals surface area contributed by atoms with Crippen molar-refractivity contribution in [2.45, 2.75) is 33.1 Å². The number of allylic oxidation sites excluding steroid dienone is 1. The van der Waals surface area contributed by atoms with Crippen LogP contribution in [0.4, 0.5) is 22.7 Å². The van der Waals surface area contributed by atoms with Crippen LogP contribution in [-0.2, 0) is 20.2 Å². The summed E-state index contributed by atoms with van der Waals surface area (Å²) in [6, 6.07) is 10.2. The number of amides is 1. The minimum Gasteiger partial charge on any atom is -0.492 e. The molecule has 9 nitrogen and oxygen atoms in total. The average Bonchev–Trinajstić information content (AvgIpc) is 2.88. The van der Waals surface area contributed by atoms with Crippen molar-refractivity contribution in [1.29, 1.82) is 0 Å². The van der Waals surface area contributed by atoms with E-state index in [0.29, 0.717) is 16.8 Å². The molecular formula is C30H34N4O5S. The maximum atomic E-state index is 13.5. The number of anilines is 4. The number of sulfonamides is 1. The third kappa shape index (κ3) is 7.15. The van der Waals surface area contributed by atoms with E-state index in [1.54, 1.807) is 36.7 Å². The van der Waals surface area contributed by atoms with E-state index in [0.717, 1.165) is 17.5 Å². The van der Waals surface area contributed by atoms with E-state index in [9.17, 15) is 18.0 Å². The Hall–Kier alpha value is -4.44. The van der Waals surface area contributed by atoms with Crippen LogP contribution >= 0.6 is 0 Å². The van der Waals surface area contributed by atoms with Crippen LogP contribution in [0.15, 0.2) is 61.4 Å². The molecule has 3 aromatic rings. The normalized spacial score (nSPS) is 11.7.